The minimum Gasteiger partial charge on any atom is -0.396 e. The third-order valence-electron chi connectivity index (χ3n) is 2.90. The second-order valence-electron chi connectivity index (χ2n) is 4.30. The van der Waals surface area contributed by atoms with Crippen LogP contribution in [0.1, 0.15) is 0 Å². The number of hydrogen-bond acceptors (Lipinski definition) is 5. The minimum atomic E-state index is -3.67. The van der Waals surface area contributed by atoms with E-state index in [-0.39, 0.29) is 25.5 Å². The van der Waals surface area contributed by atoms with Crippen LogP contribution in [0.15, 0.2) is 12.4 Å². The number of nitrogens with zero attached hydrogens (tertiary/aromatic N) is 4. The van der Waals surface area contributed by atoms with Crippen LogP contribution in [-0.2, 0) is 21.5 Å². The van der Waals surface area contributed by atoms with Crippen LogP contribution in [0.25, 0.3) is 0 Å². The predicted octanol–water partition coefficient (Wildman–Crippen LogP) is -2.19. The number of amides is 1. The van der Waals surface area contributed by atoms with Crippen molar-refractivity contribution in [2.24, 2.45) is 5.14 Å². The van der Waals surface area contributed by atoms with E-state index in [0.29, 0.717) is 18.8 Å². The van der Waals surface area contributed by atoms with Crippen LogP contribution in [0.4, 0.5) is 5.69 Å². The second-order valence-corrected chi connectivity index (χ2v) is 5.84. The first kappa shape index (κ1) is 13.8. The van der Waals surface area contributed by atoms with Crippen LogP contribution in [-0.4, -0.2) is 59.5 Å². The average Bonchev–Trinajstić information content (AvgIpc) is 2.74. The van der Waals surface area contributed by atoms with Crippen molar-refractivity contribution in [1.29, 1.82) is 0 Å². The molecule has 1 fully saturated rings. The van der Waals surface area contributed by atoms with Gasteiger partial charge in [-0.05, 0) is 0 Å². The molecule has 106 valence electrons. The van der Waals surface area contributed by atoms with Crippen molar-refractivity contribution in [3.05, 3.63) is 12.4 Å². The molecule has 1 aromatic rings. The maximum Gasteiger partial charge on any atom is 0.277 e. The van der Waals surface area contributed by atoms with E-state index in [1.165, 1.54) is 10.9 Å². The number of nitrogens with two attached hydrogens (primary N) is 2. The number of aromatic nitrogens is 2. The highest BCUT2D eigenvalue weighted by Gasteiger charge is 2.26. The van der Waals surface area contributed by atoms with Gasteiger partial charge in [0.25, 0.3) is 10.2 Å². The first-order valence-corrected chi connectivity index (χ1v) is 7.20. The lowest BCUT2D eigenvalue weighted by Gasteiger charge is -2.32. The summed E-state index contributed by atoms with van der Waals surface area (Å²) in [5, 5.41) is 8.95. The number of carbonyl (C=O) groups excluding carboxylic acids is 1. The van der Waals surface area contributed by atoms with Gasteiger partial charge in [-0.2, -0.15) is 17.8 Å². The smallest absolute Gasteiger partial charge is 0.277 e. The Morgan fingerprint density at radius 2 is 1.95 bits per heavy atom. The summed E-state index contributed by atoms with van der Waals surface area (Å²) in [6.45, 7) is 1.17. The highest BCUT2D eigenvalue weighted by atomic mass is 32.2. The molecule has 0 radical (unpaired) electrons. The number of carbonyl (C=O) groups is 1. The Morgan fingerprint density at radius 3 is 2.42 bits per heavy atom. The first-order chi connectivity index (χ1) is 8.86. The fraction of sp³-hybridized carbons (Fsp3) is 0.556. The molecule has 1 aromatic heterocycles. The standard InChI is InChI=1S/C9H16N6O3S/c10-8-5-12-14(6-8)7-9(16)13-1-3-15(4-2-13)19(11,17)18/h5-6H,1-4,7,10H2,(H2,11,17,18). The van der Waals surface area contributed by atoms with Gasteiger partial charge in [0, 0.05) is 32.4 Å². The van der Waals surface area contributed by atoms with Crippen molar-refractivity contribution in [1.82, 2.24) is 19.0 Å². The summed E-state index contributed by atoms with van der Waals surface area (Å²) in [5.41, 5.74) is 6.00. The summed E-state index contributed by atoms with van der Waals surface area (Å²) >= 11 is 0. The van der Waals surface area contributed by atoms with Crippen LogP contribution in [0.3, 0.4) is 0 Å². The van der Waals surface area contributed by atoms with Gasteiger partial charge in [-0.25, -0.2) is 5.14 Å². The van der Waals surface area contributed by atoms with Gasteiger partial charge in [0.05, 0.1) is 11.9 Å². The number of rotatable bonds is 3. The summed E-state index contributed by atoms with van der Waals surface area (Å²) < 4.78 is 24.9. The second kappa shape index (κ2) is 5.15. The van der Waals surface area contributed by atoms with Gasteiger partial charge < -0.3 is 10.6 Å². The summed E-state index contributed by atoms with van der Waals surface area (Å²) in [6.07, 6.45) is 3.03. The molecule has 0 bridgehead atoms. The van der Waals surface area contributed by atoms with Crippen molar-refractivity contribution in [2.45, 2.75) is 6.54 Å². The van der Waals surface area contributed by atoms with E-state index in [2.05, 4.69) is 5.10 Å². The Kier molecular flexibility index (Phi) is 3.73. The number of hydrogen-bond donors (Lipinski definition) is 2. The summed E-state index contributed by atoms with van der Waals surface area (Å²) in [6, 6.07) is 0. The van der Waals surface area contributed by atoms with Gasteiger partial charge in [0.2, 0.25) is 5.91 Å². The molecular weight excluding hydrogens is 272 g/mol. The minimum absolute atomic E-state index is 0.0899. The van der Waals surface area contributed by atoms with Crippen molar-refractivity contribution < 1.29 is 13.2 Å². The zero-order valence-corrected chi connectivity index (χ0v) is 11.1. The molecule has 2 rings (SSSR count). The molecule has 0 spiro atoms. The highest BCUT2D eigenvalue weighted by Crippen LogP contribution is 2.06. The van der Waals surface area contributed by atoms with E-state index in [4.69, 9.17) is 10.9 Å². The Bertz CT molecular complexity index is 560. The number of piperazine rings is 1. The third kappa shape index (κ3) is 3.43. The molecule has 0 atom stereocenters. The Labute approximate surface area is 110 Å². The monoisotopic (exact) mass is 288 g/mol. The SMILES string of the molecule is Nc1cnn(CC(=O)N2CCN(S(N)(=O)=O)CC2)c1. The van der Waals surface area contributed by atoms with E-state index >= 15 is 0 Å². The van der Waals surface area contributed by atoms with Crippen LogP contribution in [0, 0.1) is 0 Å². The van der Waals surface area contributed by atoms with Crippen molar-refractivity contribution in [3.63, 3.8) is 0 Å². The zero-order chi connectivity index (χ0) is 14.0. The molecule has 1 aliphatic heterocycles. The Hall–Kier alpha value is -1.65. The molecule has 2 heterocycles. The quantitative estimate of drug-likeness (QED) is 0.653. The largest absolute Gasteiger partial charge is 0.396 e. The van der Waals surface area contributed by atoms with Crippen molar-refractivity contribution >= 4 is 21.8 Å². The van der Waals surface area contributed by atoms with Crippen LogP contribution in [0.2, 0.25) is 0 Å². The van der Waals surface area contributed by atoms with Gasteiger partial charge in [-0.15, -0.1) is 0 Å². The van der Waals surface area contributed by atoms with Gasteiger partial charge in [0.15, 0.2) is 0 Å². The third-order valence-corrected chi connectivity index (χ3v) is 3.99. The normalized spacial score (nSPS) is 17.6. The van der Waals surface area contributed by atoms with Gasteiger partial charge in [-0.3, -0.25) is 9.48 Å². The average molecular weight is 288 g/mol. The lowest BCUT2D eigenvalue weighted by molar-refractivity contribution is -0.133. The molecule has 1 saturated heterocycles. The summed E-state index contributed by atoms with van der Waals surface area (Å²) in [5.74, 6) is -0.128. The van der Waals surface area contributed by atoms with E-state index in [1.807, 2.05) is 0 Å². The first-order valence-electron chi connectivity index (χ1n) is 5.70. The van der Waals surface area contributed by atoms with Crippen molar-refractivity contribution in [3.8, 4) is 0 Å². The lowest BCUT2D eigenvalue weighted by Crippen LogP contribution is -2.52. The summed E-state index contributed by atoms with van der Waals surface area (Å²) in [4.78, 5) is 13.5. The zero-order valence-electron chi connectivity index (χ0n) is 10.3. The van der Waals surface area contributed by atoms with Crippen LogP contribution < -0.4 is 10.9 Å². The molecule has 1 aliphatic rings. The molecule has 0 aromatic carbocycles. The van der Waals surface area contributed by atoms with Crippen LogP contribution >= 0.6 is 0 Å². The molecular formula is C9H16N6O3S. The molecule has 10 heteroatoms. The molecule has 1 amide bonds. The molecule has 0 unspecified atom stereocenters. The van der Waals surface area contributed by atoms with Crippen LogP contribution in [0.5, 0.6) is 0 Å². The van der Waals surface area contributed by atoms with E-state index < -0.39 is 10.2 Å². The Morgan fingerprint density at radius 1 is 1.32 bits per heavy atom. The maximum absolute atomic E-state index is 12.0. The molecule has 19 heavy (non-hydrogen) atoms. The topological polar surface area (TPSA) is 128 Å². The fourth-order valence-corrected chi connectivity index (χ4v) is 2.57. The van der Waals surface area contributed by atoms with Gasteiger partial charge in [0.1, 0.15) is 6.54 Å². The summed E-state index contributed by atoms with van der Waals surface area (Å²) in [7, 11) is -3.67. The highest BCUT2D eigenvalue weighted by molar-refractivity contribution is 7.86. The number of anilines is 1. The number of nitrogen functional groups attached to an aromatic ring is 1. The Balaban J connectivity index is 1.89. The van der Waals surface area contributed by atoms with E-state index in [1.54, 1.807) is 11.1 Å². The molecule has 4 N–H and O–H groups in total. The molecule has 0 saturated carbocycles. The van der Waals surface area contributed by atoms with E-state index in [9.17, 15) is 13.2 Å². The molecule has 0 aliphatic carbocycles. The van der Waals surface area contributed by atoms with Gasteiger partial charge >= 0.3 is 0 Å². The van der Waals surface area contributed by atoms with Gasteiger partial charge in [-0.1, -0.05) is 0 Å². The van der Waals surface area contributed by atoms with Crippen molar-refractivity contribution in [2.75, 3.05) is 31.9 Å². The van der Waals surface area contributed by atoms with E-state index in [0.717, 1.165) is 4.31 Å². The maximum atomic E-state index is 12.0. The lowest BCUT2D eigenvalue weighted by atomic mass is 10.3. The predicted molar refractivity (Wildman–Crippen MR) is 67.9 cm³/mol. The molecule has 9 nitrogen and oxygen atoms in total. The fourth-order valence-electron chi connectivity index (χ4n) is 1.90.